The molecular weight excluding hydrogens is 346 g/mol. The number of rotatable bonds is 3. The third kappa shape index (κ3) is 3.34. The van der Waals surface area contributed by atoms with E-state index < -0.39 is 0 Å². The largest absolute Gasteiger partial charge is 0.345 e. The molecule has 2 nitrogen and oxygen atoms in total. The predicted octanol–water partition coefficient (Wildman–Crippen LogP) is 4.78. The van der Waals surface area contributed by atoms with Crippen LogP contribution in [0.25, 0.3) is 0 Å². The van der Waals surface area contributed by atoms with Gasteiger partial charge in [-0.2, -0.15) is 0 Å². The Kier molecular flexibility index (Phi) is 4.96. The molecule has 0 aromatic carbocycles. The van der Waals surface area contributed by atoms with E-state index in [0.29, 0.717) is 9.90 Å². The van der Waals surface area contributed by atoms with Crippen LogP contribution in [0.1, 0.15) is 47.8 Å². The molecule has 1 heterocycles. The highest BCUT2D eigenvalue weighted by molar-refractivity contribution is 9.09. The molecule has 1 aromatic heterocycles. The maximum atomic E-state index is 12.4. The molecular formula is C14H19BrClNOS. The van der Waals surface area contributed by atoms with Crippen molar-refractivity contribution in [3.05, 3.63) is 20.8 Å². The molecule has 1 saturated carbocycles. The molecule has 1 N–H and O–H groups in total. The average Bonchev–Trinajstić information content (AvgIpc) is 2.73. The number of nitrogens with one attached hydrogen (secondary N) is 1. The van der Waals surface area contributed by atoms with E-state index in [1.165, 1.54) is 24.2 Å². The van der Waals surface area contributed by atoms with Crippen LogP contribution < -0.4 is 5.32 Å². The van der Waals surface area contributed by atoms with Crippen LogP contribution in [0.15, 0.2) is 5.38 Å². The fraction of sp³-hybridized carbons (Fsp3) is 0.643. The van der Waals surface area contributed by atoms with Gasteiger partial charge in [0.15, 0.2) is 0 Å². The molecule has 0 unspecified atom stereocenters. The lowest BCUT2D eigenvalue weighted by Crippen LogP contribution is -2.51. The fourth-order valence-corrected chi connectivity index (χ4v) is 4.36. The Bertz CT molecular complexity index is 466. The molecule has 0 atom stereocenters. The Hall–Kier alpha value is -0.0600. The van der Waals surface area contributed by atoms with Crippen LogP contribution >= 0.6 is 38.9 Å². The second-order valence-corrected chi connectivity index (χ2v) is 7.43. The Morgan fingerprint density at radius 3 is 2.68 bits per heavy atom. The molecule has 0 bridgehead atoms. The van der Waals surface area contributed by atoms with Gasteiger partial charge < -0.3 is 5.32 Å². The van der Waals surface area contributed by atoms with Crippen LogP contribution in [0.2, 0.25) is 5.02 Å². The third-order valence-corrected chi connectivity index (χ3v) is 6.74. The molecule has 0 aliphatic heterocycles. The lowest BCUT2D eigenvalue weighted by Gasteiger charge is -2.38. The van der Waals surface area contributed by atoms with Gasteiger partial charge >= 0.3 is 0 Å². The highest BCUT2D eigenvalue weighted by atomic mass is 79.9. The van der Waals surface area contributed by atoms with Crippen LogP contribution in [0.4, 0.5) is 0 Å². The summed E-state index contributed by atoms with van der Waals surface area (Å²) < 4.78 is 0. The molecule has 0 saturated heterocycles. The smallest absolute Gasteiger partial charge is 0.263 e. The van der Waals surface area contributed by atoms with E-state index in [-0.39, 0.29) is 11.4 Å². The third-order valence-electron chi connectivity index (χ3n) is 3.97. The van der Waals surface area contributed by atoms with Crippen molar-refractivity contribution in [2.75, 3.05) is 5.33 Å². The number of carbonyl (C=O) groups is 1. The van der Waals surface area contributed by atoms with E-state index in [1.807, 2.05) is 12.3 Å². The summed E-state index contributed by atoms with van der Waals surface area (Å²) in [4.78, 5) is 13.0. The van der Waals surface area contributed by atoms with E-state index in [1.54, 1.807) is 0 Å². The Labute approximate surface area is 132 Å². The Morgan fingerprint density at radius 2 is 2.21 bits per heavy atom. The van der Waals surface area contributed by atoms with Gasteiger partial charge in [0, 0.05) is 5.33 Å². The highest BCUT2D eigenvalue weighted by Crippen LogP contribution is 2.34. The fourth-order valence-electron chi connectivity index (χ4n) is 2.49. The first-order valence-electron chi connectivity index (χ1n) is 6.59. The topological polar surface area (TPSA) is 29.1 Å². The number of halogens is 2. The van der Waals surface area contributed by atoms with E-state index in [4.69, 9.17) is 11.6 Å². The summed E-state index contributed by atoms with van der Waals surface area (Å²) in [6.45, 7) is 4.21. The van der Waals surface area contributed by atoms with Crippen LogP contribution in [0, 0.1) is 12.8 Å². The van der Waals surface area contributed by atoms with Gasteiger partial charge in [0.1, 0.15) is 4.88 Å². The summed E-state index contributed by atoms with van der Waals surface area (Å²) in [7, 11) is 0. The zero-order chi connectivity index (χ0) is 14.0. The minimum Gasteiger partial charge on any atom is -0.345 e. The molecule has 0 radical (unpaired) electrons. The molecule has 19 heavy (non-hydrogen) atoms. The SMILES string of the molecule is Cc1csc(C(=O)NC2(CBr)CCC(C)CC2)c1Cl. The van der Waals surface area contributed by atoms with Crippen molar-refractivity contribution in [2.45, 2.75) is 45.1 Å². The summed E-state index contributed by atoms with van der Waals surface area (Å²) >= 11 is 11.2. The molecule has 1 aromatic rings. The predicted molar refractivity (Wildman–Crippen MR) is 85.7 cm³/mol. The van der Waals surface area contributed by atoms with Crippen molar-refractivity contribution in [3.63, 3.8) is 0 Å². The van der Waals surface area contributed by atoms with Gasteiger partial charge in [0.25, 0.3) is 5.91 Å². The van der Waals surface area contributed by atoms with Gasteiger partial charge in [0.2, 0.25) is 0 Å². The average molecular weight is 365 g/mol. The summed E-state index contributed by atoms with van der Waals surface area (Å²) in [5.74, 6) is 0.730. The lowest BCUT2D eigenvalue weighted by atomic mass is 9.78. The van der Waals surface area contributed by atoms with Crippen LogP contribution in [0.3, 0.4) is 0 Å². The monoisotopic (exact) mass is 363 g/mol. The number of aryl methyl sites for hydroxylation is 1. The van der Waals surface area contributed by atoms with Crippen molar-refractivity contribution in [1.29, 1.82) is 0 Å². The summed E-state index contributed by atoms with van der Waals surface area (Å²) in [6, 6.07) is 0. The van der Waals surface area contributed by atoms with E-state index >= 15 is 0 Å². The minimum atomic E-state index is -0.106. The summed E-state index contributed by atoms with van der Waals surface area (Å²) in [5, 5.41) is 6.54. The Balaban J connectivity index is 2.10. The van der Waals surface area contributed by atoms with E-state index in [9.17, 15) is 4.79 Å². The van der Waals surface area contributed by atoms with Crippen LogP contribution in [-0.4, -0.2) is 16.8 Å². The Morgan fingerprint density at radius 1 is 1.58 bits per heavy atom. The second kappa shape index (κ2) is 6.15. The highest BCUT2D eigenvalue weighted by Gasteiger charge is 2.35. The quantitative estimate of drug-likeness (QED) is 0.768. The molecule has 1 aliphatic carbocycles. The number of alkyl halides is 1. The zero-order valence-electron chi connectivity index (χ0n) is 11.3. The van der Waals surface area contributed by atoms with Gasteiger partial charge in [-0.15, -0.1) is 11.3 Å². The second-order valence-electron chi connectivity index (χ2n) is 5.61. The number of thiophene rings is 1. The van der Waals surface area contributed by atoms with Crippen molar-refractivity contribution in [2.24, 2.45) is 5.92 Å². The van der Waals surface area contributed by atoms with Gasteiger partial charge in [0.05, 0.1) is 10.6 Å². The standard InChI is InChI=1S/C14H19BrClNOS/c1-9-3-5-14(8-15,6-4-9)17-13(18)12-11(16)10(2)7-19-12/h7,9H,3-6,8H2,1-2H3,(H,17,18). The summed E-state index contributed by atoms with van der Waals surface area (Å²) in [6.07, 6.45) is 4.41. The molecule has 1 amide bonds. The van der Waals surface area contributed by atoms with Gasteiger partial charge in [-0.25, -0.2) is 0 Å². The van der Waals surface area contributed by atoms with E-state index in [0.717, 1.165) is 29.7 Å². The molecule has 106 valence electrons. The number of hydrogen-bond donors (Lipinski definition) is 1. The van der Waals surface area contributed by atoms with Gasteiger partial charge in [-0.1, -0.05) is 34.5 Å². The molecule has 1 aliphatic rings. The minimum absolute atomic E-state index is 0.0305. The zero-order valence-corrected chi connectivity index (χ0v) is 14.4. The first-order chi connectivity index (χ1) is 8.97. The van der Waals surface area contributed by atoms with E-state index in [2.05, 4.69) is 28.2 Å². The molecule has 1 fully saturated rings. The molecule has 2 rings (SSSR count). The number of carbonyl (C=O) groups excluding carboxylic acids is 1. The van der Waals surface area contributed by atoms with Crippen LogP contribution in [-0.2, 0) is 0 Å². The normalized spacial score (nSPS) is 27.3. The maximum Gasteiger partial charge on any atom is 0.263 e. The van der Waals surface area contributed by atoms with Gasteiger partial charge in [-0.3, -0.25) is 4.79 Å². The number of amides is 1. The van der Waals surface area contributed by atoms with Gasteiger partial charge in [-0.05, 0) is 49.5 Å². The van der Waals surface area contributed by atoms with Crippen molar-refractivity contribution in [3.8, 4) is 0 Å². The van der Waals surface area contributed by atoms with Crippen molar-refractivity contribution in [1.82, 2.24) is 5.32 Å². The summed E-state index contributed by atoms with van der Waals surface area (Å²) in [5.41, 5.74) is 0.868. The first-order valence-corrected chi connectivity index (χ1v) is 8.97. The molecule has 5 heteroatoms. The molecule has 0 spiro atoms. The maximum absolute atomic E-state index is 12.4. The number of hydrogen-bond acceptors (Lipinski definition) is 2. The van der Waals surface area contributed by atoms with Crippen molar-refractivity contribution < 1.29 is 4.79 Å². The van der Waals surface area contributed by atoms with Crippen LogP contribution in [0.5, 0.6) is 0 Å². The lowest BCUT2D eigenvalue weighted by molar-refractivity contribution is 0.0879. The van der Waals surface area contributed by atoms with Crippen molar-refractivity contribution >= 4 is 44.8 Å². The first kappa shape index (κ1) is 15.3.